The van der Waals surface area contributed by atoms with Crippen LogP contribution in [0.3, 0.4) is 0 Å². The zero-order chi connectivity index (χ0) is 24.8. The summed E-state index contributed by atoms with van der Waals surface area (Å²) in [5.41, 5.74) is 6.57. The number of carboxylic acid groups (broad SMARTS) is 1. The number of fused-ring (bicyclic) bond motifs is 1. The number of aromatic amines is 1. The van der Waals surface area contributed by atoms with Crippen LogP contribution in [0.5, 0.6) is 0 Å². The van der Waals surface area contributed by atoms with Gasteiger partial charge in [-0.25, -0.2) is 4.98 Å². The molecule has 0 bridgehead atoms. The number of carboxylic acids is 1. The summed E-state index contributed by atoms with van der Waals surface area (Å²) in [6, 6.07) is 0.362. The fraction of sp³-hybridized carbons (Fsp3) is 0.500. The van der Waals surface area contributed by atoms with Gasteiger partial charge in [0.2, 0.25) is 11.8 Å². The third kappa shape index (κ3) is 6.70. The monoisotopic (exact) mass is 509 g/mol. The van der Waals surface area contributed by atoms with Crippen molar-refractivity contribution in [1.82, 2.24) is 36.2 Å². The summed E-state index contributed by atoms with van der Waals surface area (Å²) in [6.45, 7) is 3.49. The van der Waals surface area contributed by atoms with E-state index in [1.54, 1.807) is 26.0 Å². The number of aliphatic carboxylic acids is 1. The molecule has 35 heavy (non-hydrogen) atoms. The van der Waals surface area contributed by atoms with Crippen LogP contribution in [-0.2, 0) is 32.1 Å². The number of amides is 3. The fourth-order valence-electron chi connectivity index (χ4n) is 3.53. The second-order valence-corrected chi connectivity index (χ2v) is 8.22. The molecule has 3 amide bonds. The number of carbonyl (C=O) groups is 4. The molecule has 3 atom stereocenters. The number of nitrogens with zero attached hydrogens (tertiary/aromatic N) is 5. The number of anilines is 1. The SMILES string of the molecule is CC(C)[C@H](N)C(=O)NC(CCC(=O)O)C(=O)N1c2ncccc2C[C@H]1C(=O)NCc1nn[nH]n1.Cl. The van der Waals surface area contributed by atoms with Gasteiger partial charge < -0.3 is 21.5 Å². The van der Waals surface area contributed by atoms with Crippen LogP contribution in [0.15, 0.2) is 18.3 Å². The maximum atomic E-state index is 13.6. The molecule has 2 aromatic rings. The van der Waals surface area contributed by atoms with Crippen LogP contribution in [-0.4, -0.2) is 72.5 Å². The largest absolute Gasteiger partial charge is 0.481 e. The molecular weight excluding hydrogens is 482 g/mol. The number of tetrazole rings is 1. The Balaban J connectivity index is 0.00000432. The first-order valence-electron chi connectivity index (χ1n) is 10.7. The van der Waals surface area contributed by atoms with Gasteiger partial charge in [-0.05, 0) is 24.0 Å². The number of rotatable bonds is 10. The maximum Gasteiger partial charge on any atom is 0.303 e. The zero-order valence-corrected chi connectivity index (χ0v) is 20.0. The molecule has 0 fully saturated rings. The van der Waals surface area contributed by atoms with E-state index in [1.807, 2.05) is 0 Å². The Morgan fingerprint density at radius 2 is 2.06 bits per heavy atom. The van der Waals surface area contributed by atoms with E-state index in [-0.39, 0.29) is 55.8 Å². The molecule has 1 aliphatic heterocycles. The van der Waals surface area contributed by atoms with Crippen LogP contribution >= 0.6 is 12.4 Å². The lowest BCUT2D eigenvalue weighted by molar-refractivity contribution is -0.138. The molecule has 2 aromatic heterocycles. The number of halogens is 1. The summed E-state index contributed by atoms with van der Waals surface area (Å²) in [5, 5.41) is 27.6. The molecule has 6 N–H and O–H groups in total. The molecule has 1 aliphatic rings. The van der Waals surface area contributed by atoms with Crippen LogP contribution in [0.25, 0.3) is 0 Å². The molecule has 0 spiro atoms. The minimum atomic E-state index is -1.21. The number of nitrogens with two attached hydrogens (primary N) is 1. The van der Waals surface area contributed by atoms with Crippen LogP contribution in [0.2, 0.25) is 0 Å². The first-order valence-corrected chi connectivity index (χ1v) is 10.7. The van der Waals surface area contributed by atoms with Gasteiger partial charge in [0.05, 0.1) is 12.6 Å². The fourth-order valence-corrected chi connectivity index (χ4v) is 3.53. The van der Waals surface area contributed by atoms with E-state index in [9.17, 15) is 19.2 Å². The molecule has 0 saturated heterocycles. The van der Waals surface area contributed by atoms with Crippen molar-refractivity contribution in [3.05, 3.63) is 29.7 Å². The topological polar surface area (TPSA) is 209 Å². The number of nitrogens with one attached hydrogen (secondary N) is 3. The summed E-state index contributed by atoms with van der Waals surface area (Å²) in [4.78, 5) is 55.9. The molecule has 3 rings (SSSR count). The van der Waals surface area contributed by atoms with Gasteiger partial charge in [-0.15, -0.1) is 22.6 Å². The van der Waals surface area contributed by atoms with Gasteiger partial charge in [-0.3, -0.25) is 24.1 Å². The molecule has 0 aliphatic carbocycles. The molecular formula is C20H28ClN9O5. The molecule has 1 unspecified atom stereocenters. The van der Waals surface area contributed by atoms with Gasteiger partial charge in [0.1, 0.15) is 17.9 Å². The summed E-state index contributed by atoms with van der Waals surface area (Å²) < 4.78 is 0. The third-order valence-corrected chi connectivity index (χ3v) is 5.45. The van der Waals surface area contributed by atoms with Gasteiger partial charge in [0.25, 0.3) is 5.91 Å². The van der Waals surface area contributed by atoms with Crippen LogP contribution < -0.4 is 21.3 Å². The van der Waals surface area contributed by atoms with Gasteiger partial charge in [-0.2, -0.15) is 5.21 Å². The Bertz CT molecular complexity index is 1050. The first kappa shape index (κ1) is 27.6. The highest BCUT2D eigenvalue weighted by Crippen LogP contribution is 2.31. The smallest absolute Gasteiger partial charge is 0.303 e. The van der Waals surface area contributed by atoms with Gasteiger partial charge in [0, 0.05) is 19.0 Å². The predicted octanol–water partition coefficient (Wildman–Crippen LogP) is -1.08. The Morgan fingerprint density at radius 3 is 2.69 bits per heavy atom. The average Bonchev–Trinajstić information content (AvgIpc) is 3.46. The third-order valence-electron chi connectivity index (χ3n) is 5.45. The van der Waals surface area contributed by atoms with Crippen molar-refractivity contribution in [1.29, 1.82) is 0 Å². The summed E-state index contributed by atoms with van der Waals surface area (Å²) in [5.74, 6) is -2.52. The van der Waals surface area contributed by atoms with Crippen molar-refractivity contribution in [2.24, 2.45) is 11.7 Å². The van der Waals surface area contributed by atoms with Gasteiger partial charge in [0.15, 0.2) is 5.82 Å². The van der Waals surface area contributed by atoms with Crippen LogP contribution in [0, 0.1) is 5.92 Å². The quantitative estimate of drug-likeness (QED) is 0.261. The van der Waals surface area contributed by atoms with Gasteiger partial charge >= 0.3 is 5.97 Å². The van der Waals surface area contributed by atoms with Gasteiger partial charge in [-0.1, -0.05) is 25.1 Å². The Labute approximate surface area is 206 Å². The van der Waals surface area contributed by atoms with E-state index in [1.165, 1.54) is 11.1 Å². The number of pyridine rings is 1. The molecule has 15 heteroatoms. The van der Waals surface area contributed by atoms with E-state index in [0.29, 0.717) is 5.56 Å². The summed E-state index contributed by atoms with van der Waals surface area (Å²) in [7, 11) is 0. The standard InChI is InChI=1S/C20H27N9O5.ClH/c1-10(2)16(21)19(33)24-12(5-6-15(30)31)20(34)29-13(8-11-4-3-7-22-17(11)29)18(32)23-9-14-25-27-28-26-14;/h3-4,7,10,12-13,16H,5-6,8-9,21H2,1-2H3,(H,23,32)(H,24,33)(H,30,31)(H,25,26,27,28);1H/t12?,13-,16-;/m0./s1. The highest BCUT2D eigenvalue weighted by Gasteiger charge is 2.42. The van der Waals surface area contributed by atoms with E-state index in [4.69, 9.17) is 10.8 Å². The number of hydrogen-bond acceptors (Lipinski definition) is 9. The molecule has 0 radical (unpaired) electrons. The van der Waals surface area contributed by atoms with E-state index in [2.05, 4.69) is 36.2 Å². The lowest BCUT2D eigenvalue weighted by atomic mass is 10.0. The summed E-state index contributed by atoms with van der Waals surface area (Å²) >= 11 is 0. The second-order valence-electron chi connectivity index (χ2n) is 8.22. The predicted molar refractivity (Wildman–Crippen MR) is 124 cm³/mol. The average molecular weight is 510 g/mol. The van der Waals surface area contributed by atoms with E-state index < -0.39 is 41.8 Å². The van der Waals surface area contributed by atoms with Crippen molar-refractivity contribution < 1.29 is 24.3 Å². The molecule has 0 aromatic carbocycles. The number of hydrogen-bond donors (Lipinski definition) is 5. The van der Waals surface area contributed by atoms with Crippen molar-refractivity contribution in [3.8, 4) is 0 Å². The first-order chi connectivity index (χ1) is 16.2. The number of H-pyrrole nitrogens is 1. The van der Waals surface area contributed by atoms with Crippen molar-refractivity contribution >= 4 is 41.9 Å². The Morgan fingerprint density at radius 1 is 1.31 bits per heavy atom. The number of carbonyl (C=O) groups excluding carboxylic acids is 3. The Kier molecular flexibility index (Phi) is 9.59. The molecule has 3 heterocycles. The van der Waals surface area contributed by atoms with E-state index >= 15 is 0 Å². The molecule has 0 saturated carbocycles. The maximum absolute atomic E-state index is 13.6. The number of aromatic nitrogens is 5. The van der Waals surface area contributed by atoms with E-state index in [0.717, 1.165) is 0 Å². The van der Waals surface area contributed by atoms with Crippen molar-refractivity contribution in [2.45, 2.75) is 57.8 Å². The van der Waals surface area contributed by atoms with Crippen LogP contribution in [0.4, 0.5) is 5.82 Å². The lowest BCUT2D eigenvalue weighted by Gasteiger charge is -2.29. The lowest BCUT2D eigenvalue weighted by Crippen LogP contribution is -2.57. The highest BCUT2D eigenvalue weighted by atomic mass is 35.5. The molecule has 14 nitrogen and oxygen atoms in total. The summed E-state index contributed by atoms with van der Waals surface area (Å²) in [6.07, 6.45) is 1.13. The second kappa shape index (κ2) is 12.2. The van der Waals surface area contributed by atoms with Crippen LogP contribution in [0.1, 0.15) is 38.1 Å². The minimum Gasteiger partial charge on any atom is -0.481 e. The highest BCUT2D eigenvalue weighted by molar-refractivity contribution is 6.06. The zero-order valence-electron chi connectivity index (χ0n) is 19.2. The van der Waals surface area contributed by atoms with Crippen molar-refractivity contribution in [3.63, 3.8) is 0 Å². The molecule has 190 valence electrons. The van der Waals surface area contributed by atoms with Crippen molar-refractivity contribution in [2.75, 3.05) is 4.90 Å². The Hall–Kier alpha value is -3.65. The minimum absolute atomic E-state index is 0. The normalized spacial score (nSPS) is 16.1.